The summed E-state index contributed by atoms with van der Waals surface area (Å²) >= 11 is 0. The maximum absolute atomic E-state index is 3.66. The highest BCUT2D eigenvalue weighted by molar-refractivity contribution is 4.93. The van der Waals surface area contributed by atoms with Crippen molar-refractivity contribution in [2.24, 2.45) is 0 Å². The van der Waals surface area contributed by atoms with Gasteiger partial charge in [-0.2, -0.15) is 0 Å². The van der Waals surface area contributed by atoms with Gasteiger partial charge in [-0.25, -0.2) is 0 Å². The molecule has 1 aliphatic carbocycles. The molecule has 0 amide bonds. The number of rotatable bonds is 1. The third-order valence-electron chi connectivity index (χ3n) is 4.56. The SMILES string of the molecule is CC1CNC(C)(C)CN1C1CCCCCCC1. The summed E-state index contributed by atoms with van der Waals surface area (Å²) in [7, 11) is 0. The highest BCUT2D eigenvalue weighted by Crippen LogP contribution is 2.26. The Kier molecular flexibility index (Phi) is 4.48. The third-order valence-corrected chi connectivity index (χ3v) is 4.56. The van der Waals surface area contributed by atoms with Crippen molar-refractivity contribution in [1.29, 1.82) is 0 Å². The van der Waals surface area contributed by atoms with Crippen molar-refractivity contribution in [3.63, 3.8) is 0 Å². The predicted octanol–water partition coefficient (Wildman–Crippen LogP) is 3.17. The molecule has 2 nitrogen and oxygen atoms in total. The molecule has 0 aromatic carbocycles. The lowest BCUT2D eigenvalue weighted by Gasteiger charge is -2.47. The maximum atomic E-state index is 3.66. The Bertz CT molecular complexity index is 229. The van der Waals surface area contributed by atoms with Crippen LogP contribution < -0.4 is 5.32 Å². The summed E-state index contributed by atoms with van der Waals surface area (Å²) in [5, 5.41) is 3.66. The molecule has 100 valence electrons. The van der Waals surface area contributed by atoms with Gasteiger partial charge < -0.3 is 5.32 Å². The third kappa shape index (κ3) is 3.69. The molecule has 1 aliphatic heterocycles. The summed E-state index contributed by atoms with van der Waals surface area (Å²) in [4.78, 5) is 2.79. The average Bonchev–Trinajstić information content (AvgIpc) is 2.22. The van der Waals surface area contributed by atoms with E-state index in [0.29, 0.717) is 11.6 Å². The van der Waals surface area contributed by atoms with E-state index < -0.39 is 0 Å². The van der Waals surface area contributed by atoms with Gasteiger partial charge >= 0.3 is 0 Å². The molecule has 1 saturated heterocycles. The second-order valence-corrected chi connectivity index (χ2v) is 6.79. The first-order valence-corrected chi connectivity index (χ1v) is 7.59. The largest absolute Gasteiger partial charge is 0.309 e. The average molecular weight is 238 g/mol. The molecule has 2 fully saturated rings. The van der Waals surface area contributed by atoms with Crippen LogP contribution in [0.5, 0.6) is 0 Å². The summed E-state index contributed by atoms with van der Waals surface area (Å²) in [5.41, 5.74) is 0.300. The summed E-state index contributed by atoms with van der Waals surface area (Å²) in [5.74, 6) is 0. The predicted molar refractivity (Wildman–Crippen MR) is 74.4 cm³/mol. The topological polar surface area (TPSA) is 15.3 Å². The summed E-state index contributed by atoms with van der Waals surface area (Å²) in [6, 6.07) is 1.57. The van der Waals surface area contributed by atoms with Gasteiger partial charge in [-0.1, -0.05) is 32.1 Å². The molecule has 1 atom stereocenters. The smallest absolute Gasteiger partial charge is 0.0253 e. The molecule has 2 aliphatic rings. The van der Waals surface area contributed by atoms with Crippen LogP contribution in [-0.4, -0.2) is 35.6 Å². The number of hydrogen-bond acceptors (Lipinski definition) is 2. The molecule has 0 spiro atoms. The lowest BCUT2D eigenvalue weighted by molar-refractivity contribution is 0.0505. The van der Waals surface area contributed by atoms with E-state index in [9.17, 15) is 0 Å². The molecular weight excluding hydrogens is 208 g/mol. The summed E-state index contributed by atoms with van der Waals surface area (Å²) in [6.07, 6.45) is 10.1. The molecule has 1 heterocycles. The van der Waals surface area contributed by atoms with Gasteiger partial charge in [-0.05, 0) is 33.6 Å². The van der Waals surface area contributed by atoms with Crippen LogP contribution in [0.2, 0.25) is 0 Å². The fraction of sp³-hybridized carbons (Fsp3) is 1.00. The van der Waals surface area contributed by atoms with E-state index in [1.165, 1.54) is 51.5 Å². The van der Waals surface area contributed by atoms with Crippen LogP contribution in [0.15, 0.2) is 0 Å². The van der Waals surface area contributed by atoms with Crippen molar-refractivity contribution in [3.8, 4) is 0 Å². The minimum absolute atomic E-state index is 0.300. The Hall–Kier alpha value is -0.0800. The highest BCUT2D eigenvalue weighted by atomic mass is 15.3. The van der Waals surface area contributed by atoms with Crippen molar-refractivity contribution in [2.45, 2.75) is 83.3 Å². The number of hydrogen-bond donors (Lipinski definition) is 1. The summed E-state index contributed by atoms with van der Waals surface area (Å²) < 4.78 is 0. The first kappa shape index (κ1) is 13.4. The van der Waals surface area contributed by atoms with Crippen LogP contribution in [0.25, 0.3) is 0 Å². The Balaban J connectivity index is 1.97. The highest BCUT2D eigenvalue weighted by Gasteiger charge is 2.33. The zero-order valence-corrected chi connectivity index (χ0v) is 12.0. The van der Waals surface area contributed by atoms with Crippen molar-refractivity contribution >= 4 is 0 Å². The normalized spacial score (nSPS) is 33.0. The Labute approximate surface area is 107 Å². The number of nitrogens with zero attached hydrogens (tertiary/aromatic N) is 1. The zero-order valence-electron chi connectivity index (χ0n) is 12.0. The van der Waals surface area contributed by atoms with Gasteiger partial charge in [0.25, 0.3) is 0 Å². The minimum Gasteiger partial charge on any atom is -0.309 e. The summed E-state index contributed by atoms with van der Waals surface area (Å²) in [6.45, 7) is 9.45. The molecular formula is C15H30N2. The zero-order chi connectivity index (χ0) is 12.3. The molecule has 2 rings (SSSR count). The van der Waals surface area contributed by atoms with Gasteiger partial charge in [0.1, 0.15) is 0 Å². The molecule has 0 radical (unpaired) electrons. The van der Waals surface area contributed by atoms with E-state index in [1.54, 1.807) is 0 Å². The molecule has 0 aromatic heterocycles. The van der Waals surface area contributed by atoms with E-state index in [1.807, 2.05) is 0 Å². The van der Waals surface area contributed by atoms with Crippen molar-refractivity contribution in [3.05, 3.63) is 0 Å². The Morgan fingerprint density at radius 3 is 2.24 bits per heavy atom. The molecule has 0 bridgehead atoms. The van der Waals surface area contributed by atoms with E-state index in [2.05, 4.69) is 31.0 Å². The second-order valence-electron chi connectivity index (χ2n) is 6.79. The van der Waals surface area contributed by atoms with Crippen LogP contribution in [0.4, 0.5) is 0 Å². The Morgan fingerprint density at radius 2 is 1.59 bits per heavy atom. The van der Waals surface area contributed by atoms with Crippen molar-refractivity contribution < 1.29 is 0 Å². The number of nitrogens with one attached hydrogen (secondary N) is 1. The first-order valence-electron chi connectivity index (χ1n) is 7.59. The first-order chi connectivity index (χ1) is 8.08. The van der Waals surface area contributed by atoms with Gasteiger partial charge in [0, 0.05) is 30.7 Å². The van der Waals surface area contributed by atoms with Crippen LogP contribution >= 0.6 is 0 Å². The lowest BCUT2D eigenvalue weighted by atomic mass is 9.91. The fourth-order valence-corrected chi connectivity index (χ4v) is 3.46. The fourth-order valence-electron chi connectivity index (χ4n) is 3.46. The van der Waals surface area contributed by atoms with Crippen molar-refractivity contribution in [1.82, 2.24) is 10.2 Å². The quantitative estimate of drug-likeness (QED) is 0.755. The van der Waals surface area contributed by atoms with Crippen LogP contribution in [-0.2, 0) is 0 Å². The molecule has 1 saturated carbocycles. The number of piperazine rings is 1. The molecule has 2 heteroatoms. The molecule has 1 N–H and O–H groups in total. The van der Waals surface area contributed by atoms with E-state index in [4.69, 9.17) is 0 Å². The maximum Gasteiger partial charge on any atom is 0.0253 e. The van der Waals surface area contributed by atoms with Crippen molar-refractivity contribution in [2.75, 3.05) is 13.1 Å². The lowest BCUT2D eigenvalue weighted by Crippen LogP contribution is -2.63. The monoisotopic (exact) mass is 238 g/mol. The van der Waals surface area contributed by atoms with Crippen LogP contribution in [0.1, 0.15) is 65.7 Å². The molecule has 17 heavy (non-hydrogen) atoms. The van der Waals surface area contributed by atoms with Gasteiger partial charge in [0.05, 0.1) is 0 Å². The Morgan fingerprint density at radius 1 is 1.00 bits per heavy atom. The van der Waals surface area contributed by atoms with Gasteiger partial charge in [0.2, 0.25) is 0 Å². The van der Waals surface area contributed by atoms with Gasteiger partial charge in [-0.15, -0.1) is 0 Å². The molecule has 1 unspecified atom stereocenters. The van der Waals surface area contributed by atoms with E-state index in [0.717, 1.165) is 12.6 Å². The van der Waals surface area contributed by atoms with E-state index >= 15 is 0 Å². The van der Waals surface area contributed by atoms with E-state index in [-0.39, 0.29) is 0 Å². The standard InChI is InChI=1S/C15H30N2/c1-13-11-16-15(2,3)12-17(13)14-9-7-5-4-6-8-10-14/h13-14,16H,4-12H2,1-3H3. The second kappa shape index (κ2) is 5.71. The van der Waals surface area contributed by atoms with Gasteiger partial charge in [-0.3, -0.25) is 4.90 Å². The van der Waals surface area contributed by atoms with Crippen LogP contribution in [0.3, 0.4) is 0 Å². The minimum atomic E-state index is 0.300. The van der Waals surface area contributed by atoms with Gasteiger partial charge in [0.15, 0.2) is 0 Å². The van der Waals surface area contributed by atoms with Crippen LogP contribution in [0, 0.1) is 0 Å². The molecule has 0 aromatic rings.